The quantitative estimate of drug-likeness (QED) is 0.679. The molecule has 19 heavy (non-hydrogen) atoms. The van der Waals surface area contributed by atoms with E-state index >= 15 is 0 Å². The number of rotatable bonds is 2. The van der Waals surface area contributed by atoms with Gasteiger partial charge in [-0.3, -0.25) is 0 Å². The van der Waals surface area contributed by atoms with Crippen molar-refractivity contribution in [3.05, 3.63) is 72.7 Å². The van der Waals surface area contributed by atoms with E-state index in [1.807, 2.05) is 6.07 Å². The van der Waals surface area contributed by atoms with Gasteiger partial charge < -0.3 is 0 Å². The SMILES string of the molecule is Cc1ccccc1-c1ccc(-c2ccncn2)cc1. The third-order valence-electron chi connectivity index (χ3n) is 3.22. The molecule has 0 aliphatic rings. The van der Waals surface area contributed by atoms with E-state index in [-0.39, 0.29) is 0 Å². The zero-order chi connectivity index (χ0) is 13.1. The van der Waals surface area contributed by atoms with Gasteiger partial charge in [0, 0.05) is 11.8 Å². The molecule has 0 unspecified atom stereocenters. The van der Waals surface area contributed by atoms with Crippen LogP contribution >= 0.6 is 0 Å². The molecule has 0 aliphatic carbocycles. The molecule has 2 heteroatoms. The molecule has 0 radical (unpaired) electrons. The number of hydrogen-bond acceptors (Lipinski definition) is 2. The fourth-order valence-corrected chi connectivity index (χ4v) is 2.18. The van der Waals surface area contributed by atoms with Gasteiger partial charge in [0.2, 0.25) is 0 Å². The Morgan fingerprint density at radius 3 is 2.21 bits per heavy atom. The third-order valence-corrected chi connectivity index (χ3v) is 3.22. The molecule has 2 nitrogen and oxygen atoms in total. The van der Waals surface area contributed by atoms with Crippen molar-refractivity contribution >= 4 is 0 Å². The first-order valence-electron chi connectivity index (χ1n) is 6.27. The monoisotopic (exact) mass is 246 g/mol. The Kier molecular flexibility index (Phi) is 3.07. The fourth-order valence-electron chi connectivity index (χ4n) is 2.18. The van der Waals surface area contributed by atoms with Crippen molar-refractivity contribution in [2.75, 3.05) is 0 Å². The molecule has 1 heterocycles. The van der Waals surface area contributed by atoms with Crippen LogP contribution in [-0.2, 0) is 0 Å². The minimum atomic E-state index is 0.950. The van der Waals surface area contributed by atoms with Crippen LogP contribution in [0.15, 0.2) is 67.1 Å². The van der Waals surface area contributed by atoms with Gasteiger partial charge >= 0.3 is 0 Å². The molecule has 0 aliphatic heterocycles. The maximum absolute atomic E-state index is 4.26. The highest BCUT2D eigenvalue weighted by atomic mass is 14.8. The van der Waals surface area contributed by atoms with Crippen LogP contribution in [0.25, 0.3) is 22.4 Å². The fraction of sp³-hybridized carbons (Fsp3) is 0.0588. The lowest BCUT2D eigenvalue weighted by Crippen LogP contribution is -1.85. The highest BCUT2D eigenvalue weighted by Crippen LogP contribution is 2.25. The van der Waals surface area contributed by atoms with Crippen molar-refractivity contribution in [2.45, 2.75) is 6.92 Å². The molecule has 0 saturated carbocycles. The van der Waals surface area contributed by atoms with Gasteiger partial charge in [-0.25, -0.2) is 9.97 Å². The molecule has 0 N–H and O–H groups in total. The van der Waals surface area contributed by atoms with E-state index in [0.29, 0.717) is 0 Å². The van der Waals surface area contributed by atoms with Crippen LogP contribution in [0, 0.1) is 6.92 Å². The Morgan fingerprint density at radius 2 is 1.53 bits per heavy atom. The molecule has 0 fully saturated rings. The first-order chi connectivity index (χ1) is 9.34. The summed E-state index contributed by atoms with van der Waals surface area (Å²) in [6.45, 7) is 2.13. The summed E-state index contributed by atoms with van der Waals surface area (Å²) in [5.41, 5.74) is 5.86. The van der Waals surface area contributed by atoms with E-state index in [1.54, 1.807) is 12.5 Å². The maximum Gasteiger partial charge on any atom is 0.116 e. The average Bonchev–Trinajstić information content (AvgIpc) is 2.49. The van der Waals surface area contributed by atoms with Crippen molar-refractivity contribution in [1.82, 2.24) is 9.97 Å². The predicted octanol–water partition coefficient (Wildman–Crippen LogP) is 4.12. The standard InChI is InChI=1S/C17H14N2/c1-13-4-2-3-5-16(13)14-6-8-15(9-7-14)17-10-11-18-12-19-17/h2-12H,1H3. The second-order valence-electron chi connectivity index (χ2n) is 4.49. The molecular weight excluding hydrogens is 232 g/mol. The van der Waals surface area contributed by atoms with Crippen LogP contribution in [0.5, 0.6) is 0 Å². The summed E-state index contributed by atoms with van der Waals surface area (Å²) in [5.74, 6) is 0. The lowest BCUT2D eigenvalue weighted by atomic mass is 9.99. The summed E-state index contributed by atoms with van der Waals surface area (Å²) in [6.07, 6.45) is 3.34. The van der Waals surface area contributed by atoms with Crippen molar-refractivity contribution in [3.63, 3.8) is 0 Å². The largest absolute Gasteiger partial charge is 0.245 e. The Morgan fingerprint density at radius 1 is 0.789 bits per heavy atom. The van der Waals surface area contributed by atoms with Crippen LogP contribution in [0.3, 0.4) is 0 Å². The van der Waals surface area contributed by atoms with E-state index in [0.717, 1.165) is 11.3 Å². The molecule has 0 atom stereocenters. The maximum atomic E-state index is 4.26. The smallest absolute Gasteiger partial charge is 0.116 e. The number of benzene rings is 2. The number of nitrogens with zero attached hydrogens (tertiary/aromatic N) is 2. The van der Waals surface area contributed by atoms with E-state index in [4.69, 9.17) is 0 Å². The van der Waals surface area contributed by atoms with Crippen LogP contribution in [-0.4, -0.2) is 9.97 Å². The minimum Gasteiger partial charge on any atom is -0.245 e. The summed E-state index contributed by atoms with van der Waals surface area (Å²) in [7, 11) is 0. The topological polar surface area (TPSA) is 25.8 Å². The average molecular weight is 246 g/mol. The number of aryl methyl sites for hydroxylation is 1. The number of aromatic nitrogens is 2. The first kappa shape index (κ1) is 11.6. The predicted molar refractivity (Wildman–Crippen MR) is 77.6 cm³/mol. The van der Waals surface area contributed by atoms with Gasteiger partial charge in [0.1, 0.15) is 6.33 Å². The van der Waals surface area contributed by atoms with E-state index in [2.05, 4.69) is 65.4 Å². The molecule has 1 aromatic heterocycles. The number of hydrogen-bond donors (Lipinski definition) is 0. The summed E-state index contributed by atoms with van der Waals surface area (Å²) in [6, 6.07) is 18.8. The molecule has 3 rings (SSSR count). The van der Waals surface area contributed by atoms with Gasteiger partial charge in [0.05, 0.1) is 5.69 Å². The van der Waals surface area contributed by atoms with Gasteiger partial charge in [-0.1, -0.05) is 48.5 Å². The Bertz CT molecular complexity index is 673. The van der Waals surface area contributed by atoms with Gasteiger partial charge in [-0.05, 0) is 29.7 Å². The molecule has 0 spiro atoms. The zero-order valence-electron chi connectivity index (χ0n) is 10.7. The Hall–Kier alpha value is -2.48. The van der Waals surface area contributed by atoms with E-state index in [9.17, 15) is 0 Å². The molecule has 92 valence electrons. The molecule has 0 saturated heterocycles. The van der Waals surface area contributed by atoms with E-state index in [1.165, 1.54) is 16.7 Å². The normalized spacial score (nSPS) is 10.4. The van der Waals surface area contributed by atoms with E-state index < -0.39 is 0 Å². The molecule has 0 amide bonds. The van der Waals surface area contributed by atoms with Crippen molar-refractivity contribution < 1.29 is 0 Å². The van der Waals surface area contributed by atoms with Crippen molar-refractivity contribution in [3.8, 4) is 22.4 Å². The first-order valence-corrected chi connectivity index (χ1v) is 6.27. The lowest BCUT2D eigenvalue weighted by molar-refractivity contribution is 1.17. The zero-order valence-corrected chi connectivity index (χ0v) is 10.7. The second-order valence-corrected chi connectivity index (χ2v) is 4.49. The van der Waals surface area contributed by atoms with Gasteiger partial charge in [-0.15, -0.1) is 0 Å². The van der Waals surface area contributed by atoms with Gasteiger partial charge in [0.15, 0.2) is 0 Å². The summed E-state index contributed by atoms with van der Waals surface area (Å²) in [5, 5.41) is 0. The minimum absolute atomic E-state index is 0.950. The summed E-state index contributed by atoms with van der Waals surface area (Å²) >= 11 is 0. The Labute approximate surface area is 112 Å². The molecule has 0 bridgehead atoms. The van der Waals surface area contributed by atoms with Crippen LogP contribution in [0.1, 0.15) is 5.56 Å². The van der Waals surface area contributed by atoms with Crippen molar-refractivity contribution in [1.29, 1.82) is 0 Å². The molecule has 3 aromatic rings. The summed E-state index contributed by atoms with van der Waals surface area (Å²) in [4.78, 5) is 8.19. The second kappa shape index (κ2) is 5.02. The van der Waals surface area contributed by atoms with Crippen molar-refractivity contribution in [2.24, 2.45) is 0 Å². The van der Waals surface area contributed by atoms with Crippen LogP contribution in [0.4, 0.5) is 0 Å². The van der Waals surface area contributed by atoms with Gasteiger partial charge in [0.25, 0.3) is 0 Å². The van der Waals surface area contributed by atoms with Gasteiger partial charge in [-0.2, -0.15) is 0 Å². The Balaban J connectivity index is 1.98. The molecule has 2 aromatic carbocycles. The highest BCUT2D eigenvalue weighted by Gasteiger charge is 2.02. The van der Waals surface area contributed by atoms with Crippen LogP contribution in [0.2, 0.25) is 0 Å². The lowest BCUT2D eigenvalue weighted by Gasteiger charge is -2.07. The van der Waals surface area contributed by atoms with Crippen LogP contribution < -0.4 is 0 Å². The summed E-state index contributed by atoms with van der Waals surface area (Å²) < 4.78 is 0. The molecular formula is C17H14N2. The third kappa shape index (κ3) is 2.38. The highest BCUT2D eigenvalue weighted by molar-refractivity contribution is 5.70.